The van der Waals surface area contributed by atoms with E-state index in [1.807, 2.05) is 0 Å². The second kappa shape index (κ2) is 5.99. The van der Waals surface area contributed by atoms with Crippen molar-refractivity contribution in [2.75, 3.05) is 5.32 Å². The molecule has 0 aliphatic rings. The van der Waals surface area contributed by atoms with E-state index in [0.29, 0.717) is 16.8 Å². The Morgan fingerprint density at radius 1 is 1.37 bits per heavy atom. The van der Waals surface area contributed by atoms with Gasteiger partial charge in [-0.2, -0.15) is 0 Å². The molecule has 19 heavy (non-hydrogen) atoms. The molecular formula is C13H16N2O4. The number of primary amides is 1. The van der Waals surface area contributed by atoms with Crippen LogP contribution in [0, 0.1) is 12.8 Å². The van der Waals surface area contributed by atoms with E-state index >= 15 is 0 Å². The summed E-state index contributed by atoms with van der Waals surface area (Å²) in [7, 11) is 0. The van der Waals surface area contributed by atoms with Crippen molar-refractivity contribution in [3.63, 3.8) is 0 Å². The first-order valence-corrected chi connectivity index (χ1v) is 5.81. The Balaban J connectivity index is 2.89. The second-order valence-electron chi connectivity index (χ2n) is 4.18. The van der Waals surface area contributed by atoms with Crippen LogP contribution in [0.3, 0.4) is 0 Å². The second-order valence-corrected chi connectivity index (χ2v) is 4.18. The number of aryl methyl sites for hydroxylation is 1. The maximum Gasteiger partial charge on any atom is 0.316 e. The molecule has 0 radical (unpaired) electrons. The van der Waals surface area contributed by atoms with E-state index in [9.17, 15) is 14.4 Å². The third-order valence-corrected chi connectivity index (χ3v) is 2.78. The maximum absolute atomic E-state index is 11.7. The number of nitrogens with one attached hydrogen (secondary N) is 1. The summed E-state index contributed by atoms with van der Waals surface area (Å²) in [4.78, 5) is 33.6. The Bertz CT molecular complexity index is 525. The van der Waals surface area contributed by atoms with Crippen LogP contribution < -0.4 is 11.1 Å². The number of anilines is 1. The summed E-state index contributed by atoms with van der Waals surface area (Å²) in [6.07, 6.45) is 0.208. The van der Waals surface area contributed by atoms with Crippen molar-refractivity contribution in [1.29, 1.82) is 0 Å². The third kappa shape index (κ3) is 3.54. The monoisotopic (exact) mass is 264 g/mol. The van der Waals surface area contributed by atoms with Gasteiger partial charge in [0.05, 0.1) is 0 Å². The summed E-state index contributed by atoms with van der Waals surface area (Å²) in [6, 6.07) is 4.58. The van der Waals surface area contributed by atoms with E-state index in [1.165, 1.54) is 12.1 Å². The van der Waals surface area contributed by atoms with Crippen LogP contribution in [0.4, 0.5) is 5.69 Å². The van der Waals surface area contributed by atoms with Gasteiger partial charge in [0.15, 0.2) is 0 Å². The predicted molar refractivity (Wildman–Crippen MR) is 69.7 cm³/mol. The predicted octanol–water partition coefficient (Wildman–Crippen LogP) is 1.14. The largest absolute Gasteiger partial charge is 0.481 e. The van der Waals surface area contributed by atoms with Crippen molar-refractivity contribution < 1.29 is 19.5 Å². The molecule has 4 N–H and O–H groups in total. The zero-order chi connectivity index (χ0) is 14.6. The molecule has 1 aromatic rings. The number of benzene rings is 1. The van der Waals surface area contributed by atoms with Crippen molar-refractivity contribution in [2.45, 2.75) is 20.3 Å². The molecule has 0 aliphatic heterocycles. The molecule has 1 rings (SSSR count). The number of carboxylic acids is 1. The highest BCUT2D eigenvalue weighted by molar-refractivity contribution is 6.04. The van der Waals surface area contributed by atoms with Gasteiger partial charge in [-0.25, -0.2) is 0 Å². The molecule has 0 aromatic heterocycles. The molecule has 6 nitrogen and oxygen atoms in total. The minimum atomic E-state index is -1.16. The molecule has 6 heteroatoms. The maximum atomic E-state index is 11.7. The summed E-state index contributed by atoms with van der Waals surface area (Å²) >= 11 is 0. The lowest BCUT2D eigenvalue weighted by molar-refractivity contribution is -0.145. The average Bonchev–Trinajstić information content (AvgIpc) is 2.28. The highest BCUT2D eigenvalue weighted by Crippen LogP contribution is 2.16. The molecule has 1 unspecified atom stereocenters. The van der Waals surface area contributed by atoms with Gasteiger partial charge >= 0.3 is 5.97 Å². The van der Waals surface area contributed by atoms with E-state index in [2.05, 4.69) is 5.32 Å². The molecule has 0 saturated heterocycles. The fourth-order valence-electron chi connectivity index (χ4n) is 1.72. The lowest BCUT2D eigenvalue weighted by atomic mass is 10.0. The van der Waals surface area contributed by atoms with Crippen molar-refractivity contribution in [3.05, 3.63) is 29.3 Å². The fraction of sp³-hybridized carbons (Fsp3) is 0.308. The van der Waals surface area contributed by atoms with Gasteiger partial charge < -0.3 is 16.2 Å². The van der Waals surface area contributed by atoms with Crippen LogP contribution in [0.25, 0.3) is 0 Å². The Morgan fingerprint density at radius 3 is 2.42 bits per heavy atom. The minimum absolute atomic E-state index is 0.208. The summed E-state index contributed by atoms with van der Waals surface area (Å²) in [6.45, 7) is 3.31. The van der Waals surface area contributed by atoms with Crippen molar-refractivity contribution in [1.82, 2.24) is 0 Å². The number of hydrogen-bond acceptors (Lipinski definition) is 3. The number of hydrogen-bond donors (Lipinski definition) is 3. The smallest absolute Gasteiger partial charge is 0.316 e. The molecule has 0 fully saturated rings. The molecule has 0 aliphatic carbocycles. The SMILES string of the molecule is CCC(C(=O)O)C(=O)Nc1ccc(C(N)=O)c(C)c1. The zero-order valence-corrected chi connectivity index (χ0v) is 10.8. The van der Waals surface area contributed by atoms with Gasteiger partial charge in [0.25, 0.3) is 0 Å². The number of carbonyl (C=O) groups is 3. The molecule has 1 atom stereocenters. The van der Waals surface area contributed by atoms with Crippen molar-refractivity contribution >= 4 is 23.5 Å². The van der Waals surface area contributed by atoms with Crippen molar-refractivity contribution in [2.24, 2.45) is 11.7 Å². The molecule has 2 amide bonds. The normalized spacial score (nSPS) is 11.7. The molecular weight excluding hydrogens is 248 g/mol. The summed E-state index contributed by atoms with van der Waals surface area (Å²) in [5.74, 6) is -3.38. The Kier molecular flexibility index (Phi) is 4.63. The summed E-state index contributed by atoms with van der Waals surface area (Å²) < 4.78 is 0. The first kappa shape index (κ1) is 14.7. The number of carbonyl (C=O) groups excluding carboxylic acids is 2. The van der Waals surface area contributed by atoms with Gasteiger partial charge in [-0.3, -0.25) is 14.4 Å². The van der Waals surface area contributed by atoms with Crippen LogP contribution in [-0.2, 0) is 9.59 Å². The van der Waals surface area contributed by atoms with E-state index in [0.717, 1.165) is 0 Å². The van der Waals surface area contributed by atoms with E-state index in [-0.39, 0.29) is 6.42 Å². The van der Waals surface area contributed by atoms with Gasteiger partial charge in [-0.05, 0) is 37.1 Å². The van der Waals surface area contributed by atoms with Crippen LogP contribution in [0.1, 0.15) is 29.3 Å². The van der Waals surface area contributed by atoms with Crippen LogP contribution in [0.2, 0.25) is 0 Å². The number of carboxylic acid groups (broad SMARTS) is 1. The lowest BCUT2D eigenvalue weighted by Crippen LogP contribution is -2.29. The number of nitrogens with two attached hydrogens (primary N) is 1. The van der Waals surface area contributed by atoms with Crippen LogP contribution in [-0.4, -0.2) is 22.9 Å². The van der Waals surface area contributed by atoms with E-state index < -0.39 is 23.7 Å². The van der Waals surface area contributed by atoms with Gasteiger partial charge in [-0.15, -0.1) is 0 Å². The van der Waals surface area contributed by atoms with E-state index in [1.54, 1.807) is 19.9 Å². The van der Waals surface area contributed by atoms with Crippen LogP contribution >= 0.6 is 0 Å². The van der Waals surface area contributed by atoms with Gasteiger partial charge in [-0.1, -0.05) is 6.92 Å². The Labute approximate surface area is 110 Å². The highest BCUT2D eigenvalue weighted by Gasteiger charge is 2.24. The quantitative estimate of drug-likeness (QED) is 0.693. The number of amides is 2. The molecule has 0 bridgehead atoms. The standard InChI is InChI=1S/C13H16N2O4/c1-3-9(13(18)19)12(17)15-8-4-5-10(11(14)16)7(2)6-8/h4-6,9H,3H2,1-2H3,(H2,14,16)(H,15,17)(H,18,19). The minimum Gasteiger partial charge on any atom is -0.481 e. The molecule has 0 saturated carbocycles. The van der Waals surface area contributed by atoms with Gasteiger partial charge in [0.1, 0.15) is 5.92 Å². The Hall–Kier alpha value is -2.37. The zero-order valence-electron chi connectivity index (χ0n) is 10.8. The van der Waals surface area contributed by atoms with Crippen molar-refractivity contribution in [3.8, 4) is 0 Å². The van der Waals surface area contributed by atoms with Gasteiger partial charge in [0.2, 0.25) is 11.8 Å². The third-order valence-electron chi connectivity index (χ3n) is 2.78. The first-order chi connectivity index (χ1) is 8.86. The fourth-order valence-corrected chi connectivity index (χ4v) is 1.72. The topological polar surface area (TPSA) is 109 Å². The summed E-state index contributed by atoms with van der Waals surface area (Å²) in [5.41, 5.74) is 6.59. The molecule has 102 valence electrons. The van der Waals surface area contributed by atoms with Crippen LogP contribution in [0.15, 0.2) is 18.2 Å². The highest BCUT2D eigenvalue weighted by atomic mass is 16.4. The molecule has 0 spiro atoms. The Morgan fingerprint density at radius 2 is 2.00 bits per heavy atom. The average molecular weight is 264 g/mol. The molecule has 0 heterocycles. The van der Waals surface area contributed by atoms with E-state index in [4.69, 9.17) is 10.8 Å². The molecule has 1 aromatic carbocycles. The van der Waals surface area contributed by atoms with Crippen LogP contribution in [0.5, 0.6) is 0 Å². The first-order valence-electron chi connectivity index (χ1n) is 5.81. The number of aliphatic carboxylic acids is 1. The number of rotatable bonds is 5. The summed E-state index contributed by atoms with van der Waals surface area (Å²) in [5, 5.41) is 11.4. The lowest BCUT2D eigenvalue weighted by Gasteiger charge is -2.12. The van der Waals surface area contributed by atoms with Gasteiger partial charge in [0, 0.05) is 11.3 Å².